The van der Waals surface area contributed by atoms with Gasteiger partial charge in [0.15, 0.2) is 5.75 Å². The predicted octanol–water partition coefficient (Wildman–Crippen LogP) is 2.36. The van der Waals surface area contributed by atoms with Crippen molar-refractivity contribution < 1.29 is 4.74 Å². The van der Waals surface area contributed by atoms with Gasteiger partial charge < -0.3 is 19.9 Å². The van der Waals surface area contributed by atoms with Crippen molar-refractivity contribution >= 4 is 22.0 Å². The lowest BCUT2D eigenvalue weighted by molar-refractivity contribution is 0.245. The van der Waals surface area contributed by atoms with Gasteiger partial charge in [-0.25, -0.2) is 4.98 Å². The summed E-state index contributed by atoms with van der Waals surface area (Å²) >= 11 is 1.34. The molecule has 0 fully saturated rings. The standard InChI is InChI=1S/C14H19N5OS/c1-9(2)20-13-12(16)10(7-15)21-14(13)19(4)8-11-17-5-6-18(11)3/h5-6,9H,8,16H2,1-4H3. The fraction of sp³-hybridized carbons (Fsp3) is 0.429. The third kappa shape index (κ3) is 3.11. The molecule has 2 N–H and O–H groups in total. The molecule has 0 unspecified atom stereocenters. The maximum Gasteiger partial charge on any atom is 0.178 e. The molecule has 2 aromatic heterocycles. The highest BCUT2D eigenvalue weighted by molar-refractivity contribution is 7.17. The quantitative estimate of drug-likeness (QED) is 0.917. The minimum atomic E-state index is -0.00578. The number of nitrogens with zero attached hydrogens (tertiary/aromatic N) is 4. The van der Waals surface area contributed by atoms with Crippen LogP contribution in [-0.4, -0.2) is 22.7 Å². The van der Waals surface area contributed by atoms with E-state index in [2.05, 4.69) is 11.1 Å². The zero-order chi connectivity index (χ0) is 15.6. The van der Waals surface area contributed by atoms with Crippen molar-refractivity contribution in [3.05, 3.63) is 23.1 Å². The maximum atomic E-state index is 9.16. The number of nitriles is 1. The van der Waals surface area contributed by atoms with Gasteiger partial charge in [0.1, 0.15) is 27.5 Å². The summed E-state index contributed by atoms with van der Waals surface area (Å²) in [6.45, 7) is 4.49. The van der Waals surface area contributed by atoms with Crippen LogP contribution in [0.1, 0.15) is 24.5 Å². The molecule has 0 saturated carbocycles. The van der Waals surface area contributed by atoms with Gasteiger partial charge in [-0.3, -0.25) is 0 Å². The second-order valence-electron chi connectivity index (χ2n) is 5.07. The van der Waals surface area contributed by atoms with E-state index in [-0.39, 0.29) is 6.10 Å². The van der Waals surface area contributed by atoms with E-state index in [1.807, 2.05) is 43.6 Å². The second kappa shape index (κ2) is 6.06. The number of hydrogen-bond acceptors (Lipinski definition) is 6. The van der Waals surface area contributed by atoms with Crippen molar-refractivity contribution in [3.63, 3.8) is 0 Å². The molecule has 0 bridgehead atoms. The van der Waals surface area contributed by atoms with Gasteiger partial charge in [0.25, 0.3) is 0 Å². The van der Waals surface area contributed by atoms with Gasteiger partial charge >= 0.3 is 0 Å². The highest BCUT2D eigenvalue weighted by Gasteiger charge is 2.22. The third-order valence-electron chi connectivity index (χ3n) is 2.98. The molecule has 2 aromatic rings. The van der Waals surface area contributed by atoms with Crippen LogP contribution in [0.25, 0.3) is 0 Å². The van der Waals surface area contributed by atoms with Crippen LogP contribution in [0.3, 0.4) is 0 Å². The summed E-state index contributed by atoms with van der Waals surface area (Å²) in [5.74, 6) is 1.52. The monoisotopic (exact) mass is 305 g/mol. The van der Waals surface area contributed by atoms with Gasteiger partial charge in [-0.2, -0.15) is 5.26 Å². The number of hydrogen-bond donors (Lipinski definition) is 1. The number of anilines is 2. The van der Waals surface area contributed by atoms with Gasteiger partial charge in [0.05, 0.1) is 12.6 Å². The number of thiophene rings is 1. The van der Waals surface area contributed by atoms with E-state index >= 15 is 0 Å². The normalized spacial score (nSPS) is 10.7. The van der Waals surface area contributed by atoms with Crippen LogP contribution < -0.4 is 15.4 Å². The van der Waals surface area contributed by atoms with E-state index in [1.165, 1.54) is 11.3 Å². The molecule has 112 valence electrons. The van der Waals surface area contributed by atoms with Crippen molar-refractivity contribution in [2.45, 2.75) is 26.5 Å². The second-order valence-corrected chi connectivity index (χ2v) is 6.07. The molecule has 0 aliphatic rings. The highest BCUT2D eigenvalue weighted by Crippen LogP contribution is 2.44. The van der Waals surface area contributed by atoms with Gasteiger partial charge in [0, 0.05) is 26.5 Å². The van der Waals surface area contributed by atoms with Crippen LogP contribution in [0.4, 0.5) is 10.7 Å². The van der Waals surface area contributed by atoms with Crippen LogP contribution in [0.15, 0.2) is 12.4 Å². The van der Waals surface area contributed by atoms with E-state index in [9.17, 15) is 0 Å². The first-order valence-corrected chi connectivity index (χ1v) is 7.42. The van der Waals surface area contributed by atoms with Gasteiger partial charge in [-0.05, 0) is 13.8 Å². The molecule has 2 heterocycles. The number of aryl methyl sites for hydroxylation is 1. The zero-order valence-electron chi connectivity index (χ0n) is 12.6. The molecule has 0 saturated heterocycles. The Morgan fingerprint density at radius 2 is 2.29 bits per heavy atom. The molecule has 7 heteroatoms. The first kappa shape index (κ1) is 15.2. The average molecular weight is 305 g/mol. The summed E-state index contributed by atoms with van der Waals surface area (Å²) in [5.41, 5.74) is 6.43. The Balaban J connectivity index is 2.33. The summed E-state index contributed by atoms with van der Waals surface area (Å²) < 4.78 is 7.75. The molecule has 21 heavy (non-hydrogen) atoms. The number of nitrogens with two attached hydrogens (primary N) is 1. The van der Waals surface area contributed by atoms with E-state index < -0.39 is 0 Å². The summed E-state index contributed by atoms with van der Waals surface area (Å²) in [5, 5.41) is 10.0. The molecule has 0 aromatic carbocycles. The lowest BCUT2D eigenvalue weighted by atomic mass is 10.3. The largest absolute Gasteiger partial charge is 0.486 e. The van der Waals surface area contributed by atoms with Crippen molar-refractivity contribution in [2.75, 3.05) is 17.7 Å². The van der Waals surface area contributed by atoms with Crippen molar-refractivity contribution in [1.29, 1.82) is 5.26 Å². The Kier molecular flexibility index (Phi) is 4.38. The van der Waals surface area contributed by atoms with E-state index in [0.717, 1.165) is 10.8 Å². The molecule has 6 nitrogen and oxygen atoms in total. The van der Waals surface area contributed by atoms with Crippen LogP contribution in [0, 0.1) is 11.3 Å². The maximum absolute atomic E-state index is 9.16. The van der Waals surface area contributed by atoms with Crippen molar-refractivity contribution in [2.24, 2.45) is 7.05 Å². The Bertz CT molecular complexity index is 667. The Morgan fingerprint density at radius 3 is 2.81 bits per heavy atom. The predicted molar refractivity (Wildman–Crippen MR) is 84.5 cm³/mol. The van der Waals surface area contributed by atoms with E-state index in [4.69, 9.17) is 15.7 Å². The lowest BCUT2D eigenvalue weighted by Crippen LogP contribution is -2.19. The first-order valence-electron chi connectivity index (χ1n) is 6.60. The average Bonchev–Trinajstić information content (AvgIpc) is 2.95. The Labute approximate surface area is 128 Å². The van der Waals surface area contributed by atoms with E-state index in [0.29, 0.717) is 22.9 Å². The number of nitrogen functional groups attached to an aromatic ring is 1. The lowest BCUT2D eigenvalue weighted by Gasteiger charge is -2.20. The van der Waals surface area contributed by atoms with Crippen LogP contribution in [0.5, 0.6) is 5.75 Å². The number of rotatable bonds is 5. The molecule has 0 radical (unpaired) electrons. The molecular formula is C14H19N5OS. The highest BCUT2D eigenvalue weighted by atomic mass is 32.1. The molecule has 0 atom stereocenters. The molecule has 0 aliphatic heterocycles. The topological polar surface area (TPSA) is 80.1 Å². The van der Waals surface area contributed by atoms with Crippen molar-refractivity contribution in [1.82, 2.24) is 9.55 Å². The van der Waals surface area contributed by atoms with Gasteiger partial charge in [-0.1, -0.05) is 0 Å². The summed E-state index contributed by atoms with van der Waals surface area (Å²) in [6, 6.07) is 2.12. The minimum Gasteiger partial charge on any atom is -0.486 e. The number of aromatic nitrogens is 2. The molecule has 0 amide bonds. The van der Waals surface area contributed by atoms with Gasteiger partial charge in [-0.15, -0.1) is 11.3 Å². The molecule has 0 aliphatic carbocycles. The Morgan fingerprint density at radius 1 is 1.57 bits per heavy atom. The minimum absolute atomic E-state index is 0.00578. The summed E-state index contributed by atoms with van der Waals surface area (Å²) in [4.78, 5) is 6.79. The Hall–Kier alpha value is -2.20. The third-order valence-corrected chi connectivity index (χ3v) is 4.19. The molecule has 2 rings (SSSR count). The van der Waals surface area contributed by atoms with Crippen LogP contribution in [0.2, 0.25) is 0 Å². The molecule has 0 spiro atoms. The smallest absolute Gasteiger partial charge is 0.178 e. The first-order chi connectivity index (χ1) is 9.93. The van der Waals surface area contributed by atoms with Gasteiger partial charge in [0.2, 0.25) is 0 Å². The zero-order valence-corrected chi connectivity index (χ0v) is 13.4. The molecular weight excluding hydrogens is 286 g/mol. The fourth-order valence-corrected chi connectivity index (χ4v) is 2.85. The summed E-state index contributed by atoms with van der Waals surface area (Å²) in [6.07, 6.45) is 3.66. The van der Waals surface area contributed by atoms with Crippen LogP contribution in [-0.2, 0) is 13.6 Å². The SMILES string of the molecule is CC(C)Oc1c(N(C)Cc2nccn2C)sc(C#N)c1N. The van der Waals surface area contributed by atoms with Crippen LogP contribution >= 0.6 is 11.3 Å². The van der Waals surface area contributed by atoms with Crippen molar-refractivity contribution in [3.8, 4) is 11.8 Å². The summed E-state index contributed by atoms with van der Waals surface area (Å²) in [7, 11) is 3.89. The fourth-order valence-electron chi connectivity index (χ4n) is 1.93. The van der Waals surface area contributed by atoms with E-state index in [1.54, 1.807) is 6.20 Å². The number of imidazole rings is 1. The number of ether oxygens (including phenoxy) is 1.